The third kappa shape index (κ3) is 2.72. The Labute approximate surface area is 123 Å². The fraction of sp³-hybridized carbons (Fsp3) is 0.467. The molecule has 108 valence electrons. The number of para-hydroxylation sites is 1. The van der Waals surface area contributed by atoms with Crippen LogP contribution in [0.1, 0.15) is 25.7 Å². The number of ether oxygens (including phenoxy) is 1. The molecular weight excluding hydrogens is 276 g/mol. The van der Waals surface area contributed by atoms with E-state index in [9.17, 15) is 4.79 Å². The molecule has 0 fully saturated rings. The van der Waals surface area contributed by atoms with Gasteiger partial charge in [0.1, 0.15) is 5.82 Å². The van der Waals surface area contributed by atoms with Gasteiger partial charge in [-0.2, -0.15) is 0 Å². The lowest BCUT2D eigenvalue weighted by Gasteiger charge is -2.25. The number of fused-ring (bicyclic) bond motifs is 1. The highest BCUT2D eigenvalue weighted by molar-refractivity contribution is 6.16. The third-order valence-corrected chi connectivity index (χ3v) is 3.68. The average molecular weight is 295 g/mol. The maximum absolute atomic E-state index is 12.7. The molecule has 1 aromatic heterocycles. The number of hydrogen-bond donors (Lipinski definition) is 0. The van der Waals surface area contributed by atoms with Crippen molar-refractivity contribution in [1.29, 1.82) is 0 Å². The summed E-state index contributed by atoms with van der Waals surface area (Å²) in [5, 5.41) is 0.614. The van der Waals surface area contributed by atoms with Crippen LogP contribution in [0.2, 0.25) is 0 Å². The molecule has 1 aromatic carbocycles. The lowest BCUT2D eigenvalue weighted by Crippen LogP contribution is -2.33. The number of aromatic nitrogens is 2. The lowest BCUT2D eigenvalue weighted by molar-refractivity contribution is 0.129. The molecule has 0 amide bonds. The third-order valence-electron chi connectivity index (χ3n) is 3.44. The van der Waals surface area contributed by atoms with Gasteiger partial charge in [-0.05, 0) is 18.1 Å². The summed E-state index contributed by atoms with van der Waals surface area (Å²) < 4.78 is 6.94. The fourth-order valence-electron chi connectivity index (χ4n) is 2.36. The standard InChI is InChI=1S/C15H19ClN2O2/c1-10(2)13(9-20-3)18-14(8-16)17-12-7-5-4-6-11(12)15(18)19/h4-7,10,13H,8-9H2,1-3H3. The Morgan fingerprint density at radius 3 is 2.65 bits per heavy atom. The Morgan fingerprint density at radius 1 is 1.35 bits per heavy atom. The molecule has 2 rings (SSSR count). The van der Waals surface area contributed by atoms with Crippen molar-refractivity contribution in [2.45, 2.75) is 25.8 Å². The molecule has 4 nitrogen and oxygen atoms in total. The highest BCUT2D eigenvalue weighted by Crippen LogP contribution is 2.20. The molecule has 0 saturated carbocycles. The van der Waals surface area contributed by atoms with E-state index in [-0.39, 0.29) is 23.4 Å². The summed E-state index contributed by atoms with van der Waals surface area (Å²) in [4.78, 5) is 17.3. The van der Waals surface area contributed by atoms with Gasteiger partial charge in [-0.1, -0.05) is 26.0 Å². The SMILES string of the molecule is COCC(C(C)C)n1c(CCl)nc2ccccc2c1=O. The van der Waals surface area contributed by atoms with Gasteiger partial charge in [0, 0.05) is 7.11 Å². The van der Waals surface area contributed by atoms with Gasteiger partial charge in [-0.15, -0.1) is 11.6 Å². The number of nitrogens with zero attached hydrogens (tertiary/aromatic N) is 2. The van der Waals surface area contributed by atoms with Gasteiger partial charge >= 0.3 is 0 Å². The molecule has 0 spiro atoms. The predicted molar refractivity (Wildman–Crippen MR) is 81.3 cm³/mol. The molecule has 0 saturated heterocycles. The number of methoxy groups -OCH3 is 1. The average Bonchev–Trinajstić information content (AvgIpc) is 2.45. The number of hydrogen-bond acceptors (Lipinski definition) is 3. The number of alkyl halides is 1. The first-order valence-corrected chi connectivity index (χ1v) is 7.18. The second-order valence-corrected chi connectivity index (χ2v) is 5.39. The van der Waals surface area contributed by atoms with Crippen LogP contribution in [0, 0.1) is 5.92 Å². The van der Waals surface area contributed by atoms with E-state index in [4.69, 9.17) is 16.3 Å². The van der Waals surface area contributed by atoms with Crippen molar-refractivity contribution in [1.82, 2.24) is 9.55 Å². The van der Waals surface area contributed by atoms with Gasteiger partial charge in [-0.25, -0.2) is 4.98 Å². The van der Waals surface area contributed by atoms with Crippen molar-refractivity contribution < 1.29 is 4.74 Å². The molecule has 0 aliphatic rings. The van der Waals surface area contributed by atoms with E-state index in [1.54, 1.807) is 17.7 Å². The smallest absolute Gasteiger partial charge is 0.261 e. The number of rotatable bonds is 5. The summed E-state index contributed by atoms with van der Waals surface area (Å²) in [6, 6.07) is 7.27. The van der Waals surface area contributed by atoms with Gasteiger partial charge in [0.05, 0.1) is 29.4 Å². The molecule has 5 heteroatoms. The highest BCUT2D eigenvalue weighted by Gasteiger charge is 2.21. The van der Waals surface area contributed by atoms with Crippen molar-refractivity contribution in [2.75, 3.05) is 13.7 Å². The highest BCUT2D eigenvalue weighted by atomic mass is 35.5. The van der Waals surface area contributed by atoms with Gasteiger partial charge < -0.3 is 4.74 Å². The van der Waals surface area contributed by atoms with Crippen LogP contribution in [-0.4, -0.2) is 23.3 Å². The van der Waals surface area contributed by atoms with Gasteiger partial charge in [0.2, 0.25) is 0 Å². The summed E-state index contributed by atoms with van der Waals surface area (Å²) >= 11 is 5.99. The van der Waals surface area contributed by atoms with E-state index >= 15 is 0 Å². The van der Waals surface area contributed by atoms with Crippen LogP contribution in [0.15, 0.2) is 29.1 Å². The largest absolute Gasteiger partial charge is 0.383 e. The topological polar surface area (TPSA) is 44.1 Å². The van der Waals surface area contributed by atoms with Crippen molar-refractivity contribution in [3.63, 3.8) is 0 Å². The Morgan fingerprint density at radius 2 is 2.05 bits per heavy atom. The van der Waals surface area contributed by atoms with Gasteiger partial charge in [-0.3, -0.25) is 9.36 Å². The maximum Gasteiger partial charge on any atom is 0.261 e. The van der Waals surface area contributed by atoms with Crippen molar-refractivity contribution in [2.24, 2.45) is 5.92 Å². The van der Waals surface area contributed by atoms with Gasteiger partial charge in [0.15, 0.2) is 0 Å². The van der Waals surface area contributed by atoms with E-state index < -0.39 is 0 Å². The van der Waals surface area contributed by atoms with Crippen LogP contribution < -0.4 is 5.56 Å². The zero-order valence-corrected chi connectivity index (χ0v) is 12.7. The van der Waals surface area contributed by atoms with E-state index in [2.05, 4.69) is 18.8 Å². The summed E-state index contributed by atoms with van der Waals surface area (Å²) in [5.41, 5.74) is 0.631. The molecule has 0 aliphatic carbocycles. The quantitative estimate of drug-likeness (QED) is 0.796. The van der Waals surface area contributed by atoms with Crippen molar-refractivity contribution in [3.05, 3.63) is 40.4 Å². The summed E-state index contributed by atoms with van der Waals surface area (Å²) in [7, 11) is 1.63. The molecule has 1 heterocycles. The maximum atomic E-state index is 12.7. The first-order chi connectivity index (χ1) is 9.60. The van der Waals surface area contributed by atoms with E-state index in [0.717, 1.165) is 0 Å². The van der Waals surface area contributed by atoms with E-state index in [1.165, 1.54) is 0 Å². The zero-order chi connectivity index (χ0) is 14.7. The Kier molecular flexibility index (Phi) is 4.78. The van der Waals surface area contributed by atoms with Crippen LogP contribution in [-0.2, 0) is 10.6 Å². The van der Waals surface area contributed by atoms with Gasteiger partial charge in [0.25, 0.3) is 5.56 Å². The number of halogens is 1. The molecule has 1 atom stereocenters. The van der Waals surface area contributed by atoms with Crippen LogP contribution in [0.3, 0.4) is 0 Å². The molecule has 0 bridgehead atoms. The lowest BCUT2D eigenvalue weighted by atomic mass is 10.0. The monoisotopic (exact) mass is 294 g/mol. The predicted octanol–water partition coefficient (Wildman–Crippen LogP) is 2.98. The van der Waals surface area contributed by atoms with Crippen LogP contribution in [0.25, 0.3) is 10.9 Å². The Bertz CT molecular complexity index is 652. The molecule has 1 unspecified atom stereocenters. The molecule has 0 N–H and O–H groups in total. The summed E-state index contributed by atoms with van der Waals surface area (Å²) in [5.74, 6) is 1.04. The zero-order valence-electron chi connectivity index (χ0n) is 12.0. The number of benzene rings is 1. The van der Waals surface area contributed by atoms with E-state index in [0.29, 0.717) is 23.3 Å². The van der Waals surface area contributed by atoms with Crippen LogP contribution in [0.4, 0.5) is 0 Å². The van der Waals surface area contributed by atoms with Crippen LogP contribution >= 0.6 is 11.6 Å². The summed E-state index contributed by atoms with van der Waals surface area (Å²) in [6.07, 6.45) is 0. The molecule has 0 aliphatic heterocycles. The molecule has 20 heavy (non-hydrogen) atoms. The first kappa shape index (κ1) is 15.0. The van der Waals surface area contributed by atoms with E-state index in [1.807, 2.05) is 18.2 Å². The second kappa shape index (κ2) is 6.37. The summed E-state index contributed by atoms with van der Waals surface area (Å²) in [6.45, 7) is 4.58. The minimum Gasteiger partial charge on any atom is -0.383 e. The molecular formula is C15H19ClN2O2. The first-order valence-electron chi connectivity index (χ1n) is 6.65. The minimum absolute atomic E-state index is 0.0537. The van der Waals surface area contributed by atoms with Crippen molar-refractivity contribution >= 4 is 22.5 Å². The minimum atomic E-state index is -0.0710. The normalized spacial score (nSPS) is 13.1. The second-order valence-electron chi connectivity index (χ2n) is 5.12. The fourth-order valence-corrected chi connectivity index (χ4v) is 2.55. The molecule has 0 radical (unpaired) electrons. The van der Waals surface area contributed by atoms with Crippen LogP contribution in [0.5, 0.6) is 0 Å². The Balaban J connectivity index is 2.72. The Hall–Kier alpha value is -1.39. The van der Waals surface area contributed by atoms with Crippen molar-refractivity contribution in [3.8, 4) is 0 Å². The molecule has 2 aromatic rings.